The molecular weight excluding hydrogens is 354 g/mol. The molecule has 1 aliphatic heterocycles. The second-order valence-corrected chi connectivity index (χ2v) is 6.58. The Balaban J connectivity index is 1.78. The van der Waals surface area contributed by atoms with Crippen molar-refractivity contribution in [2.45, 2.75) is 6.54 Å². The van der Waals surface area contributed by atoms with Gasteiger partial charge in [0.15, 0.2) is 6.67 Å². The zero-order valence-electron chi connectivity index (χ0n) is 12.8. The molecule has 1 unspecified atom stereocenters. The summed E-state index contributed by atoms with van der Waals surface area (Å²) in [6, 6.07) is 9.06. The number of amides is 1. The minimum atomic E-state index is -0.635. The molecule has 7 heteroatoms. The van der Waals surface area contributed by atoms with Gasteiger partial charge >= 0.3 is 5.91 Å². The van der Waals surface area contributed by atoms with Gasteiger partial charge < -0.3 is 4.90 Å². The van der Waals surface area contributed by atoms with Crippen molar-refractivity contribution in [2.75, 3.05) is 18.6 Å². The Morgan fingerprint density at radius 1 is 1.08 bits per heavy atom. The third-order valence-corrected chi connectivity index (χ3v) is 4.59. The lowest BCUT2D eigenvalue weighted by molar-refractivity contribution is -0.892. The van der Waals surface area contributed by atoms with Crippen molar-refractivity contribution in [3.05, 3.63) is 63.4 Å². The maximum absolute atomic E-state index is 13.5. The molecule has 124 valence electrons. The number of nitrogens with zero attached hydrogens (tertiary/aromatic N) is 1. The van der Waals surface area contributed by atoms with Gasteiger partial charge in [-0.1, -0.05) is 29.3 Å². The summed E-state index contributed by atoms with van der Waals surface area (Å²) in [5.41, 5.74) is 1.50. The van der Waals surface area contributed by atoms with Gasteiger partial charge in [-0.15, -0.1) is 0 Å². The Morgan fingerprint density at radius 3 is 2.54 bits per heavy atom. The molecule has 3 rings (SSSR count). The first-order valence-corrected chi connectivity index (χ1v) is 8.03. The van der Waals surface area contributed by atoms with Crippen molar-refractivity contribution in [1.82, 2.24) is 0 Å². The van der Waals surface area contributed by atoms with Crippen LogP contribution in [0.4, 0.5) is 10.1 Å². The summed E-state index contributed by atoms with van der Waals surface area (Å²) in [7, 11) is 1.87. The van der Waals surface area contributed by atoms with E-state index in [0.717, 1.165) is 10.5 Å². The van der Waals surface area contributed by atoms with Crippen LogP contribution in [0.2, 0.25) is 10.0 Å². The van der Waals surface area contributed by atoms with Crippen LogP contribution in [0.25, 0.3) is 0 Å². The Bertz CT molecular complexity index is 841. The lowest BCUT2D eigenvalue weighted by Gasteiger charge is -2.22. The van der Waals surface area contributed by atoms with E-state index in [1.165, 1.54) is 23.1 Å². The van der Waals surface area contributed by atoms with Gasteiger partial charge in [0.2, 0.25) is 0 Å². The fourth-order valence-electron chi connectivity index (χ4n) is 2.75. The quantitative estimate of drug-likeness (QED) is 0.842. The van der Waals surface area contributed by atoms with Crippen LogP contribution in [0, 0.1) is 5.82 Å². The van der Waals surface area contributed by atoms with Gasteiger partial charge in [-0.05, 0) is 30.3 Å². The van der Waals surface area contributed by atoms with Gasteiger partial charge in [-0.3, -0.25) is 14.5 Å². The number of anilines is 1. The topological polar surface area (TPSA) is 41.8 Å². The van der Waals surface area contributed by atoms with E-state index in [1.807, 2.05) is 13.1 Å². The summed E-state index contributed by atoms with van der Waals surface area (Å²) in [4.78, 5) is 26.4. The smallest absolute Gasteiger partial charge is 0.303 e. The molecule has 1 aliphatic rings. The maximum atomic E-state index is 13.5. The molecule has 0 spiro atoms. The lowest BCUT2D eigenvalue weighted by Crippen LogP contribution is -3.09. The van der Waals surface area contributed by atoms with Crippen molar-refractivity contribution in [3.63, 3.8) is 0 Å². The summed E-state index contributed by atoms with van der Waals surface area (Å²) in [6.07, 6.45) is 0. The van der Waals surface area contributed by atoms with E-state index in [2.05, 4.69) is 0 Å². The maximum Gasteiger partial charge on any atom is 0.303 e. The van der Waals surface area contributed by atoms with Gasteiger partial charge in [0, 0.05) is 5.56 Å². The third kappa shape index (κ3) is 3.15. The predicted octanol–water partition coefficient (Wildman–Crippen LogP) is 2.33. The Hall–Kier alpha value is -1.95. The number of carbonyl (C=O) groups excluding carboxylic acids is 2. The number of fused-ring (bicyclic) bond motifs is 1. The fourth-order valence-corrected chi connectivity index (χ4v) is 3.07. The molecule has 0 bridgehead atoms. The number of hydrogen-bond acceptors (Lipinski definition) is 2. The number of ketones is 1. The molecule has 0 radical (unpaired) electrons. The predicted molar refractivity (Wildman–Crippen MR) is 90.1 cm³/mol. The molecule has 0 saturated carbocycles. The summed E-state index contributed by atoms with van der Waals surface area (Å²) in [6.45, 7) is 0.806. The first-order chi connectivity index (χ1) is 11.4. The van der Waals surface area contributed by atoms with Gasteiger partial charge in [0.25, 0.3) is 5.78 Å². The minimum absolute atomic E-state index is 0.237. The van der Waals surface area contributed by atoms with Crippen molar-refractivity contribution in [1.29, 1.82) is 0 Å². The molecule has 0 aliphatic carbocycles. The van der Waals surface area contributed by atoms with E-state index in [0.29, 0.717) is 22.3 Å². The molecule has 0 fully saturated rings. The van der Waals surface area contributed by atoms with Crippen molar-refractivity contribution >= 4 is 40.6 Å². The number of nitrogens with one attached hydrogen (secondary N) is 1. The average molecular weight is 368 g/mol. The lowest BCUT2D eigenvalue weighted by atomic mass is 10.1. The van der Waals surface area contributed by atoms with Gasteiger partial charge in [-0.2, -0.15) is 0 Å². The SMILES string of the molecule is C[NH+](Cc1ccc(Cl)c(Cl)c1)CN1C(=O)C(=O)c2ccc(F)cc21. The van der Waals surface area contributed by atoms with Crippen LogP contribution in [0.15, 0.2) is 36.4 Å². The molecule has 1 N–H and O–H groups in total. The van der Waals surface area contributed by atoms with Crippen LogP contribution in [0.1, 0.15) is 15.9 Å². The molecule has 2 aromatic rings. The van der Waals surface area contributed by atoms with E-state index in [9.17, 15) is 14.0 Å². The van der Waals surface area contributed by atoms with Gasteiger partial charge in [0.05, 0.1) is 28.3 Å². The monoisotopic (exact) mass is 367 g/mol. The number of benzene rings is 2. The summed E-state index contributed by atoms with van der Waals surface area (Å²) < 4.78 is 13.5. The highest BCUT2D eigenvalue weighted by Gasteiger charge is 2.37. The minimum Gasteiger partial charge on any atom is -0.316 e. The second kappa shape index (κ2) is 6.51. The first kappa shape index (κ1) is 16.9. The number of rotatable bonds is 4. The van der Waals surface area contributed by atoms with Crippen molar-refractivity contribution in [3.8, 4) is 0 Å². The van der Waals surface area contributed by atoms with Crippen LogP contribution >= 0.6 is 23.2 Å². The molecule has 0 aromatic heterocycles. The summed E-state index contributed by atoms with van der Waals surface area (Å²) in [5.74, 6) is -1.72. The highest BCUT2D eigenvalue weighted by atomic mass is 35.5. The van der Waals surface area contributed by atoms with E-state index in [4.69, 9.17) is 23.2 Å². The standard InChI is InChI=1S/C17H13Cl2FN2O2/c1-21(8-10-2-5-13(18)14(19)6-10)9-22-15-7-11(20)3-4-12(15)16(23)17(22)24/h2-7H,8-9H2,1H3/p+1. The van der Waals surface area contributed by atoms with Crippen LogP contribution in [-0.4, -0.2) is 25.4 Å². The van der Waals surface area contributed by atoms with Gasteiger partial charge in [0.1, 0.15) is 12.4 Å². The van der Waals surface area contributed by atoms with Crippen molar-refractivity contribution in [2.24, 2.45) is 0 Å². The second-order valence-electron chi connectivity index (χ2n) is 5.76. The number of Topliss-reactive ketones (excluding diaryl/α,β-unsaturated/α-hetero) is 1. The first-order valence-electron chi connectivity index (χ1n) is 7.28. The van der Waals surface area contributed by atoms with E-state index < -0.39 is 17.5 Å². The Kier molecular flexibility index (Phi) is 4.58. The molecule has 2 aromatic carbocycles. The molecule has 24 heavy (non-hydrogen) atoms. The summed E-state index contributed by atoms with van der Waals surface area (Å²) in [5, 5.41) is 0.935. The molecule has 1 atom stereocenters. The summed E-state index contributed by atoms with van der Waals surface area (Å²) >= 11 is 11.9. The Labute approximate surface area is 148 Å². The molecule has 4 nitrogen and oxygen atoms in total. The third-order valence-electron chi connectivity index (χ3n) is 3.85. The fraction of sp³-hybridized carbons (Fsp3) is 0.176. The Morgan fingerprint density at radius 2 is 1.83 bits per heavy atom. The number of hydrogen-bond donors (Lipinski definition) is 1. The van der Waals surface area contributed by atoms with Crippen LogP contribution in [-0.2, 0) is 11.3 Å². The van der Waals surface area contributed by atoms with Crippen molar-refractivity contribution < 1.29 is 18.9 Å². The van der Waals surface area contributed by atoms with E-state index in [1.54, 1.807) is 12.1 Å². The molecule has 1 heterocycles. The highest BCUT2D eigenvalue weighted by molar-refractivity contribution is 6.52. The zero-order valence-corrected chi connectivity index (χ0v) is 14.3. The van der Waals surface area contributed by atoms with E-state index in [-0.39, 0.29) is 12.2 Å². The van der Waals surface area contributed by atoms with Crippen LogP contribution in [0.5, 0.6) is 0 Å². The molecular formula is C17H14Cl2FN2O2+. The highest BCUT2D eigenvalue weighted by Crippen LogP contribution is 2.28. The van der Waals surface area contributed by atoms with E-state index >= 15 is 0 Å². The normalized spacial score (nSPS) is 14.9. The zero-order chi connectivity index (χ0) is 17.4. The number of halogens is 3. The van der Waals surface area contributed by atoms with Crippen LogP contribution < -0.4 is 9.80 Å². The molecule has 1 amide bonds. The average Bonchev–Trinajstić information content (AvgIpc) is 2.75. The number of quaternary nitrogens is 1. The molecule has 0 saturated heterocycles. The van der Waals surface area contributed by atoms with Crippen LogP contribution in [0.3, 0.4) is 0 Å². The number of carbonyl (C=O) groups is 2. The van der Waals surface area contributed by atoms with Gasteiger partial charge in [-0.25, -0.2) is 4.39 Å². The largest absolute Gasteiger partial charge is 0.316 e.